The summed E-state index contributed by atoms with van der Waals surface area (Å²) in [7, 11) is 0. The van der Waals surface area contributed by atoms with Crippen LogP contribution in [-0.4, -0.2) is 26.9 Å². The Morgan fingerprint density at radius 2 is 1.92 bits per heavy atom. The number of Topliss-reactive ketones (excluding diaryl/α,β-unsaturated/α-hetero) is 1. The monoisotopic (exact) mass is 354 g/mol. The van der Waals surface area contributed by atoms with Gasteiger partial charge in [0, 0.05) is 5.56 Å². The molecule has 1 N–H and O–H groups in total. The molecule has 1 atom stereocenters. The first-order valence-corrected chi connectivity index (χ1v) is 8.54. The van der Waals surface area contributed by atoms with E-state index in [1.165, 1.54) is 18.7 Å². The maximum Gasteiger partial charge on any atom is 0.237 e. The molecule has 128 valence electrons. The largest absolute Gasteiger partial charge is 0.324 e. The van der Waals surface area contributed by atoms with Crippen molar-refractivity contribution in [3.8, 4) is 6.07 Å². The third-order valence-corrected chi connectivity index (χ3v) is 4.59. The second kappa shape index (κ2) is 7.90. The number of ketones is 1. The van der Waals surface area contributed by atoms with Crippen molar-refractivity contribution in [3.63, 3.8) is 0 Å². The smallest absolute Gasteiger partial charge is 0.237 e. The molecular formula is C18H18N4O2S. The van der Waals surface area contributed by atoms with Gasteiger partial charge in [-0.15, -0.1) is 0 Å². The molecule has 1 heterocycles. The van der Waals surface area contributed by atoms with E-state index in [-0.39, 0.29) is 11.7 Å². The third-order valence-electron chi connectivity index (χ3n) is 3.50. The fraction of sp³-hybridized carbons (Fsp3) is 0.278. The molecule has 0 bridgehead atoms. The Hall–Kier alpha value is -2.72. The van der Waals surface area contributed by atoms with Crippen LogP contribution in [0.4, 0.5) is 5.69 Å². The topological polar surface area (TPSA) is 95.7 Å². The summed E-state index contributed by atoms with van der Waals surface area (Å²) in [6.45, 7) is 6.66. The van der Waals surface area contributed by atoms with Crippen LogP contribution in [0.25, 0.3) is 0 Å². The fourth-order valence-electron chi connectivity index (χ4n) is 2.25. The summed E-state index contributed by atoms with van der Waals surface area (Å²) in [4.78, 5) is 32.6. The van der Waals surface area contributed by atoms with Crippen LogP contribution in [0.1, 0.15) is 41.3 Å². The quantitative estimate of drug-likeness (QED) is 0.503. The molecule has 0 saturated heterocycles. The third kappa shape index (κ3) is 4.43. The molecule has 0 aliphatic carbocycles. The maximum absolute atomic E-state index is 12.5. The van der Waals surface area contributed by atoms with Crippen molar-refractivity contribution in [1.29, 1.82) is 5.26 Å². The highest BCUT2D eigenvalue weighted by Crippen LogP contribution is 2.27. The van der Waals surface area contributed by atoms with E-state index in [0.29, 0.717) is 33.4 Å². The number of aryl methyl sites for hydroxylation is 2. The van der Waals surface area contributed by atoms with Crippen LogP contribution < -0.4 is 5.32 Å². The Kier molecular flexibility index (Phi) is 5.88. The molecule has 1 unspecified atom stereocenters. The molecule has 25 heavy (non-hydrogen) atoms. The summed E-state index contributed by atoms with van der Waals surface area (Å²) in [6.07, 6.45) is 0. The van der Waals surface area contributed by atoms with E-state index in [9.17, 15) is 14.9 Å². The standard InChI is InChI=1S/C18H18N4O2S/c1-10-15(9-19)18(21-13(4)20-10)25-12(3)17(24)22-16-8-6-5-7-14(16)11(2)23/h5-8,12H,1-4H3,(H,22,24). The SMILES string of the molecule is CC(=O)c1ccccc1NC(=O)C(C)Sc1nc(C)nc(C)c1C#N. The number of nitrogens with zero attached hydrogens (tertiary/aromatic N) is 3. The molecule has 1 aromatic heterocycles. The molecule has 0 aliphatic heterocycles. The normalized spacial score (nSPS) is 11.5. The zero-order valence-corrected chi connectivity index (χ0v) is 15.3. The maximum atomic E-state index is 12.5. The van der Waals surface area contributed by atoms with Gasteiger partial charge >= 0.3 is 0 Å². The molecule has 2 aromatic rings. The van der Waals surface area contributed by atoms with Crippen LogP contribution >= 0.6 is 11.8 Å². The van der Waals surface area contributed by atoms with E-state index in [2.05, 4.69) is 21.4 Å². The highest BCUT2D eigenvalue weighted by atomic mass is 32.2. The van der Waals surface area contributed by atoms with Gasteiger partial charge in [-0.25, -0.2) is 9.97 Å². The summed E-state index contributed by atoms with van der Waals surface area (Å²) < 4.78 is 0. The van der Waals surface area contributed by atoms with Gasteiger partial charge in [-0.1, -0.05) is 23.9 Å². The summed E-state index contributed by atoms with van der Waals surface area (Å²) in [6, 6.07) is 8.94. The summed E-state index contributed by atoms with van der Waals surface area (Å²) in [5.41, 5.74) is 1.90. The van der Waals surface area contributed by atoms with Crippen molar-refractivity contribution in [2.75, 3.05) is 5.32 Å². The Labute approximate surface area is 150 Å². The first kappa shape index (κ1) is 18.6. The van der Waals surface area contributed by atoms with Crippen LogP contribution in [-0.2, 0) is 4.79 Å². The van der Waals surface area contributed by atoms with Crippen molar-refractivity contribution in [2.24, 2.45) is 0 Å². The number of hydrogen-bond donors (Lipinski definition) is 1. The zero-order chi connectivity index (χ0) is 18.6. The van der Waals surface area contributed by atoms with Crippen molar-refractivity contribution >= 4 is 29.1 Å². The van der Waals surface area contributed by atoms with E-state index < -0.39 is 5.25 Å². The summed E-state index contributed by atoms with van der Waals surface area (Å²) >= 11 is 1.19. The lowest BCUT2D eigenvalue weighted by molar-refractivity contribution is -0.115. The Morgan fingerprint density at radius 3 is 2.56 bits per heavy atom. The molecule has 0 saturated carbocycles. The Bertz CT molecular complexity index is 874. The molecule has 0 spiro atoms. The number of hydrogen-bond acceptors (Lipinski definition) is 6. The number of nitrogens with one attached hydrogen (secondary N) is 1. The predicted octanol–water partition coefficient (Wildman–Crippen LogP) is 3.29. The van der Waals surface area contributed by atoms with Gasteiger partial charge in [-0.2, -0.15) is 5.26 Å². The number of nitriles is 1. The minimum atomic E-state index is -0.499. The highest BCUT2D eigenvalue weighted by Gasteiger charge is 2.20. The van der Waals surface area contributed by atoms with Crippen LogP contribution in [0.3, 0.4) is 0 Å². The molecule has 0 fully saturated rings. The minimum Gasteiger partial charge on any atom is -0.324 e. The van der Waals surface area contributed by atoms with Crippen LogP contribution in [0, 0.1) is 25.2 Å². The van der Waals surface area contributed by atoms with Crippen molar-refractivity contribution in [1.82, 2.24) is 9.97 Å². The highest BCUT2D eigenvalue weighted by molar-refractivity contribution is 8.00. The average molecular weight is 354 g/mol. The number of carbonyl (C=O) groups excluding carboxylic acids is 2. The number of anilines is 1. The fourth-order valence-corrected chi connectivity index (χ4v) is 3.25. The molecular weight excluding hydrogens is 336 g/mol. The second-order valence-electron chi connectivity index (χ2n) is 5.50. The minimum absolute atomic E-state index is 0.120. The number of rotatable bonds is 5. The molecule has 0 aliphatic rings. The van der Waals surface area contributed by atoms with Crippen LogP contribution in [0.15, 0.2) is 29.3 Å². The number of benzene rings is 1. The molecule has 0 radical (unpaired) electrons. The molecule has 6 nitrogen and oxygen atoms in total. The second-order valence-corrected chi connectivity index (χ2v) is 6.83. The lowest BCUT2D eigenvalue weighted by atomic mass is 10.1. The summed E-state index contributed by atoms with van der Waals surface area (Å²) in [5, 5.41) is 12.0. The molecule has 2 rings (SSSR count). The van der Waals surface area contributed by atoms with Gasteiger partial charge < -0.3 is 5.32 Å². The van der Waals surface area contributed by atoms with E-state index in [1.54, 1.807) is 45.0 Å². The van der Waals surface area contributed by atoms with Crippen LogP contribution in [0.5, 0.6) is 0 Å². The van der Waals surface area contributed by atoms with Gasteiger partial charge in [0.1, 0.15) is 22.5 Å². The van der Waals surface area contributed by atoms with Gasteiger partial charge in [-0.3, -0.25) is 9.59 Å². The van der Waals surface area contributed by atoms with Crippen LogP contribution in [0.2, 0.25) is 0 Å². The van der Waals surface area contributed by atoms with Gasteiger partial charge in [0.25, 0.3) is 0 Å². The van der Waals surface area contributed by atoms with Gasteiger partial charge in [0.2, 0.25) is 5.91 Å². The lowest BCUT2D eigenvalue weighted by Gasteiger charge is -2.14. The first-order chi connectivity index (χ1) is 11.8. The molecule has 1 amide bonds. The van der Waals surface area contributed by atoms with Gasteiger partial charge in [-0.05, 0) is 39.8 Å². The van der Waals surface area contributed by atoms with Gasteiger partial charge in [0.05, 0.1) is 16.6 Å². The number of para-hydroxylation sites is 1. The first-order valence-electron chi connectivity index (χ1n) is 7.66. The predicted molar refractivity (Wildman–Crippen MR) is 96.6 cm³/mol. The number of thioether (sulfide) groups is 1. The summed E-state index contributed by atoms with van der Waals surface area (Å²) in [5.74, 6) is 0.162. The van der Waals surface area contributed by atoms with Gasteiger partial charge in [0.15, 0.2) is 5.78 Å². The number of aromatic nitrogens is 2. The van der Waals surface area contributed by atoms with Crippen molar-refractivity contribution in [3.05, 3.63) is 46.9 Å². The number of carbonyl (C=O) groups is 2. The zero-order valence-electron chi connectivity index (χ0n) is 14.5. The van der Waals surface area contributed by atoms with E-state index in [0.717, 1.165) is 0 Å². The molecule has 7 heteroatoms. The number of amides is 1. The van der Waals surface area contributed by atoms with Crippen molar-refractivity contribution < 1.29 is 9.59 Å². The van der Waals surface area contributed by atoms with E-state index >= 15 is 0 Å². The average Bonchev–Trinajstić information content (AvgIpc) is 2.54. The van der Waals surface area contributed by atoms with E-state index in [4.69, 9.17) is 0 Å². The van der Waals surface area contributed by atoms with Crippen molar-refractivity contribution in [2.45, 2.75) is 38.0 Å². The Balaban J connectivity index is 2.20. The Morgan fingerprint density at radius 1 is 1.24 bits per heavy atom. The molecule has 1 aromatic carbocycles. The lowest BCUT2D eigenvalue weighted by Crippen LogP contribution is -2.23. The van der Waals surface area contributed by atoms with E-state index in [1.807, 2.05) is 0 Å².